The molecule has 0 spiro atoms. The number of amides is 1. The summed E-state index contributed by atoms with van der Waals surface area (Å²) in [7, 11) is 2.15. The average molecular weight is 435 g/mol. The maximum absolute atomic E-state index is 12.5. The zero-order chi connectivity index (χ0) is 22.5. The van der Waals surface area contributed by atoms with Gasteiger partial charge in [-0.15, -0.1) is 0 Å². The van der Waals surface area contributed by atoms with Gasteiger partial charge >= 0.3 is 0 Å². The predicted molar refractivity (Wildman–Crippen MR) is 121 cm³/mol. The van der Waals surface area contributed by atoms with Gasteiger partial charge in [0.05, 0.1) is 10.6 Å². The van der Waals surface area contributed by atoms with Gasteiger partial charge in [0.2, 0.25) is 0 Å². The van der Waals surface area contributed by atoms with E-state index in [-0.39, 0.29) is 17.3 Å². The highest BCUT2D eigenvalue weighted by atomic mass is 16.6. The predicted octanol–water partition coefficient (Wildman–Crippen LogP) is 2.46. The van der Waals surface area contributed by atoms with Gasteiger partial charge in [-0.2, -0.15) is 5.10 Å². The molecule has 9 heteroatoms. The molecular weight excluding hydrogens is 408 g/mol. The lowest BCUT2D eigenvalue weighted by Crippen LogP contribution is -2.43. The molecule has 0 saturated carbocycles. The van der Waals surface area contributed by atoms with E-state index in [2.05, 4.69) is 39.4 Å². The van der Waals surface area contributed by atoms with Crippen molar-refractivity contribution < 1.29 is 9.72 Å². The first-order valence-corrected chi connectivity index (χ1v) is 10.6. The SMILES string of the molecule is CN1CCN(Cc2ccc(CNC(=O)c3ccn(-c4cccc([N+](=O)[O-])c4)n3)cc2)CC1. The molecule has 1 fully saturated rings. The van der Waals surface area contributed by atoms with E-state index in [1.54, 1.807) is 24.4 Å². The fourth-order valence-corrected chi connectivity index (χ4v) is 3.64. The van der Waals surface area contributed by atoms with Gasteiger partial charge in [-0.3, -0.25) is 19.8 Å². The van der Waals surface area contributed by atoms with Crippen LogP contribution in [0.3, 0.4) is 0 Å². The van der Waals surface area contributed by atoms with E-state index < -0.39 is 4.92 Å². The van der Waals surface area contributed by atoms with Gasteiger partial charge in [0.1, 0.15) is 0 Å². The van der Waals surface area contributed by atoms with Crippen molar-refractivity contribution in [3.8, 4) is 5.69 Å². The lowest BCUT2D eigenvalue weighted by molar-refractivity contribution is -0.384. The van der Waals surface area contributed by atoms with Gasteiger partial charge < -0.3 is 10.2 Å². The van der Waals surface area contributed by atoms with E-state index in [0.717, 1.165) is 38.3 Å². The lowest BCUT2D eigenvalue weighted by atomic mass is 10.1. The van der Waals surface area contributed by atoms with Gasteiger partial charge in [0.25, 0.3) is 11.6 Å². The Morgan fingerprint density at radius 1 is 1.06 bits per heavy atom. The molecule has 166 valence electrons. The highest BCUT2D eigenvalue weighted by Gasteiger charge is 2.14. The number of nitro benzene ring substituents is 1. The van der Waals surface area contributed by atoms with Crippen molar-refractivity contribution in [3.05, 3.63) is 87.7 Å². The van der Waals surface area contributed by atoms with Crippen molar-refractivity contribution >= 4 is 11.6 Å². The Balaban J connectivity index is 1.31. The van der Waals surface area contributed by atoms with Crippen LogP contribution in [0, 0.1) is 10.1 Å². The second-order valence-corrected chi connectivity index (χ2v) is 8.00. The van der Waals surface area contributed by atoms with Crippen molar-refractivity contribution in [2.45, 2.75) is 13.1 Å². The molecule has 0 atom stereocenters. The summed E-state index contributed by atoms with van der Waals surface area (Å²) < 4.78 is 1.45. The molecule has 0 aliphatic carbocycles. The van der Waals surface area contributed by atoms with E-state index in [0.29, 0.717) is 12.2 Å². The number of non-ortho nitro benzene ring substituents is 1. The van der Waals surface area contributed by atoms with Crippen molar-refractivity contribution in [2.24, 2.45) is 0 Å². The monoisotopic (exact) mass is 434 g/mol. The fraction of sp³-hybridized carbons (Fsp3) is 0.304. The molecule has 2 heterocycles. The lowest BCUT2D eigenvalue weighted by Gasteiger charge is -2.32. The quantitative estimate of drug-likeness (QED) is 0.453. The molecule has 0 unspecified atom stereocenters. The van der Waals surface area contributed by atoms with E-state index in [4.69, 9.17) is 0 Å². The van der Waals surface area contributed by atoms with Gasteiger partial charge in [0, 0.05) is 57.6 Å². The Kier molecular flexibility index (Phi) is 6.58. The number of nitrogens with zero attached hydrogens (tertiary/aromatic N) is 5. The van der Waals surface area contributed by atoms with Crippen molar-refractivity contribution in [2.75, 3.05) is 33.2 Å². The summed E-state index contributed by atoms with van der Waals surface area (Å²) in [5, 5.41) is 18.1. The third-order valence-electron chi connectivity index (χ3n) is 5.60. The Morgan fingerprint density at radius 3 is 2.50 bits per heavy atom. The zero-order valence-corrected chi connectivity index (χ0v) is 18.0. The molecular formula is C23H26N6O3. The zero-order valence-electron chi connectivity index (χ0n) is 18.0. The minimum Gasteiger partial charge on any atom is -0.347 e. The highest BCUT2D eigenvalue weighted by molar-refractivity contribution is 5.92. The minimum absolute atomic E-state index is 0.0277. The molecule has 1 saturated heterocycles. The van der Waals surface area contributed by atoms with Crippen molar-refractivity contribution in [1.82, 2.24) is 24.9 Å². The number of hydrogen-bond acceptors (Lipinski definition) is 6. The van der Waals surface area contributed by atoms with Crippen LogP contribution in [0.5, 0.6) is 0 Å². The van der Waals surface area contributed by atoms with Gasteiger partial charge in [-0.1, -0.05) is 30.3 Å². The van der Waals surface area contributed by atoms with Crippen LogP contribution in [0.1, 0.15) is 21.6 Å². The largest absolute Gasteiger partial charge is 0.347 e. The summed E-state index contributed by atoms with van der Waals surface area (Å²) in [5.74, 6) is -0.296. The maximum atomic E-state index is 12.5. The molecule has 0 radical (unpaired) electrons. The number of aromatic nitrogens is 2. The van der Waals surface area contributed by atoms with Crippen LogP contribution in [-0.4, -0.2) is 63.6 Å². The number of carbonyl (C=O) groups excluding carboxylic acids is 1. The molecule has 2 aromatic carbocycles. The molecule has 1 amide bonds. The number of nitrogens with one attached hydrogen (secondary N) is 1. The van der Waals surface area contributed by atoms with Crippen LogP contribution in [0.15, 0.2) is 60.8 Å². The average Bonchev–Trinajstić information content (AvgIpc) is 3.30. The molecule has 1 aliphatic rings. The Hall–Kier alpha value is -3.56. The number of nitro groups is 1. The summed E-state index contributed by atoms with van der Waals surface area (Å²) in [4.78, 5) is 27.8. The third kappa shape index (κ3) is 5.37. The molecule has 4 rings (SSSR count). The minimum atomic E-state index is -0.461. The van der Waals surface area contributed by atoms with Crippen LogP contribution >= 0.6 is 0 Å². The molecule has 1 aromatic heterocycles. The van der Waals surface area contributed by atoms with E-state index in [1.165, 1.54) is 22.4 Å². The second-order valence-electron chi connectivity index (χ2n) is 8.00. The molecule has 9 nitrogen and oxygen atoms in total. The Bertz CT molecular complexity index is 1090. The van der Waals surface area contributed by atoms with Crippen LogP contribution in [-0.2, 0) is 13.1 Å². The van der Waals surface area contributed by atoms with Crippen LogP contribution < -0.4 is 5.32 Å². The second kappa shape index (κ2) is 9.71. The number of likely N-dealkylation sites (N-methyl/N-ethyl adjacent to an activating group) is 1. The number of benzene rings is 2. The van der Waals surface area contributed by atoms with Crippen molar-refractivity contribution in [3.63, 3.8) is 0 Å². The first-order valence-electron chi connectivity index (χ1n) is 10.6. The molecule has 32 heavy (non-hydrogen) atoms. The van der Waals surface area contributed by atoms with Crippen molar-refractivity contribution in [1.29, 1.82) is 0 Å². The molecule has 1 aliphatic heterocycles. The standard InChI is InChI=1S/C23H26N6O3/c1-26-11-13-27(14-12-26)17-19-7-5-18(6-8-19)16-24-23(30)22-9-10-28(25-22)20-3-2-4-21(15-20)29(31)32/h2-10,15H,11-14,16-17H2,1H3,(H,24,30). The van der Waals surface area contributed by atoms with Gasteiger partial charge in [0.15, 0.2) is 5.69 Å². The topological polar surface area (TPSA) is 96.5 Å². The summed E-state index contributed by atoms with van der Waals surface area (Å²) in [5.41, 5.74) is 3.02. The Morgan fingerprint density at radius 2 is 1.78 bits per heavy atom. The van der Waals surface area contributed by atoms with Crippen LogP contribution in [0.2, 0.25) is 0 Å². The summed E-state index contributed by atoms with van der Waals surface area (Å²) >= 11 is 0. The Labute approximate surface area is 186 Å². The van der Waals surface area contributed by atoms with Gasteiger partial charge in [-0.05, 0) is 30.3 Å². The van der Waals surface area contributed by atoms with E-state index in [9.17, 15) is 14.9 Å². The normalized spacial score (nSPS) is 14.9. The number of hydrogen-bond donors (Lipinski definition) is 1. The number of piperazine rings is 1. The molecule has 0 bridgehead atoms. The summed E-state index contributed by atoms with van der Waals surface area (Å²) in [6.45, 7) is 5.70. The molecule has 3 aromatic rings. The first kappa shape index (κ1) is 21.7. The summed E-state index contributed by atoms with van der Waals surface area (Å²) in [6, 6.07) is 16.0. The maximum Gasteiger partial charge on any atom is 0.272 e. The smallest absolute Gasteiger partial charge is 0.272 e. The first-order chi connectivity index (χ1) is 15.5. The van der Waals surface area contributed by atoms with E-state index in [1.807, 2.05) is 12.1 Å². The number of rotatable bonds is 7. The summed E-state index contributed by atoms with van der Waals surface area (Å²) in [6.07, 6.45) is 1.61. The fourth-order valence-electron chi connectivity index (χ4n) is 3.64. The van der Waals surface area contributed by atoms with Gasteiger partial charge in [-0.25, -0.2) is 4.68 Å². The van der Waals surface area contributed by atoms with Crippen LogP contribution in [0.4, 0.5) is 5.69 Å². The number of carbonyl (C=O) groups is 1. The van der Waals surface area contributed by atoms with Crippen LogP contribution in [0.25, 0.3) is 5.69 Å². The third-order valence-corrected chi connectivity index (χ3v) is 5.60. The highest BCUT2D eigenvalue weighted by Crippen LogP contribution is 2.16. The van der Waals surface area contributed by atoms with E-state index >= 15 is 0 Å². The molecule has 1 N–H and O–H groups in total.